The molecule has 24 heavy (non-hydrogen) atoms. The number of methoxy groups -OCH3 is 1. The summed E-state index contributed by atoms with van der Waals surface area (Å²) in [6, 6.07) is 9.17. The fraction of sp³-hybridized carbons (Fsp3) is 0.0556. The maximum Gasteiger partial charge on any atom is 0.345 e. The number of ether oxygens (including phenoxy) is 1. The summed E-state index contributed by atoms with van der Waals surface area (Å²) in [5.41, 5.74) is 0.835. The van der Waals surface area contributed by atoms with E-state index < -0.39 is 11.5 Å². The first kappa shape index (κ1) is 15.4. The smallest absolute Gasteiger partial charge is 0.345 e. The van der Waals surface area contributed by atoms with Crippen molar-refractivity contribution in [1.29, 1.82) is 0 Å². The van der Waals surface area contributed by atoms with Crippen molar-refractivity contribution in [3.63, 3.8) is 0 Å². The van der Waals surface area contributed by atoms with E-state index in [2.05, 4.69) is 21.6 Å². The number of hydrogen-bond acceptors (Lipinski definition) is 4. The normalized spacial score (nSPS) is 10.1. The Kier molecular flexibility index (Phi) is 4.08. The Balaban J connectivity index is 2.02. The highest BCUT2D eigenvalue weighted by Gasteiger charge is 2.13. The van der Waals surface area contributed by atoms with E-state index in [1.165, 1.54) is 36.0 Å². The molecular formula is C18H11FN2O3. The van der Waals surface area contributed by atoms with E-state index in [0.717, 1.165) is 0 Å². The SMILES string of the molecule is COC(=O)c1cnc2cc(C#Cc3cccc(F)c3)ccn2c1=O. The highest BCUT2D eigenvalue weighted by molar-refractivity contribution is 5.88. The van der Waals surface area contributed by atoms with E-state index in [4.69, 9.17) is 0 Å². The number of halogens is 1. The fourth-order valence-electron chi connectivity index (χ4n) is 2.11. The van der Waals surface area contributed by atoms with Crippen LogP contribution in [0, 0.1) is 17.7 Å². The lowest BCUT2D eigenvalue weighted by Gasteiger charge is -2.03. The fourth-order valence-corrected chi connectivity index (χ4v) is 2.11. The summed E-state index contributed by atoms with van der Waals surface area (Å²) >= 11 is 0. The third-order valence-corrected chi connectivity index (χ3v) is 3.29. The average molecular weight is 322 g/mol. The molecule has 0 aliphatic carbocycles. The van der Waals surface area contributed by atoms with Crippen molar-refractivity contribution in [3.8, 4) is 11.8 Å². The Morgan fingerprint density at radius 1 is 1.21 bits per heavy atom. The zero-order chi connectivity index (χ0) is 17.1. The Morgan fingerprint density at radius 3 is 2.67 bits per heavy atom. The molecule has 0 N–H and O–H groups in total. The van der Waals surface area contributed by atoms with Crippen LogP contribution < -0.4 is 5.56 Å². The van der Waals surface area contributed by atoms with Gasteiger partial charge in [0.2, 0.25) is 0 Å². The lowest BCUT2D eigenvalue weighted by molar-refractivity contribution is 0.0598. The summed E-state index contributed by atoms with van der Waals surface area (Å²) in [7, 11) is 1.20. The zero-order valence-electron chi connectivity index (χ0n) is 12.6. The lowest BCUT2D eigenvalue weighted by atomic mass is 10.2. The van der Waals surface area contributed by atoms with Crippen molar-refractivity contribution in [2.24, 2.45) is 0 Å². The van der Waals surface area contributed by atoms with Gasteiger partial charge < -0.3 is 4.74 Å². The zero-order valence-corrected chi connectivity index (χ0v) is 12.6. The molecule has 0 atom stereocenters. The molecule has 3 rings (SSSR count). The number of fused-ring (bicyclic) bond motifs is 1. The van der Waals surface area contributed by atoms with Crippen LogP contribution in [0.25, 0.3) is 5.65 Å². The number of hydrogen-bond donors (Lipinski definition) is 0. The minimum absolute atomic E-state index is 0.145. The number of pyridine rings is 1. The first-order chi connectivity index (χ1) is 11.6. The van der Waals surface area contributed by atoms with Crippen molar-refractivity contribution in [1.82, 2.24) is 9.38 Å². The van der Waals surface area contributed by atoms with Crippen LogP contribution in [0.15, 0.2) is 53.6 Å². The van der Waals surface area contributed by atoms with E-state index >= 15 is 0 Å². The van der Waals surface area contributed by atoms with Crippen LogP contribution in [0.2, 0.25) is 0 Å². The van der Waals surface area contributed by atoms with Crippen LogP contribution in [0.3, 0.4) is 0 Å². The largest absolute Gasteiger partial charge is 0.465 e. The Bertz CT molecular complexity index is 1060. The van der Waals surface area contributed by atoms with Crippen molar-refractivity contribution in [3.05, 3.63) is 81.7 Å². The van der Waals surface area contributed by atoms with Crippen LogP contribution in [0.1, 0.15) is 21.5 Å². The standard InChI is InChI=1S/C18H11FN2O3/c1-24-18(23)15-11-20-16-10-13(7-8-21(16)17(15)22)6-5-12-3-2-4-14(19)9-12/h2-4,7-11H,1H3. The maximum absolute atomic E-state index is 13.1. The van der Waals surface area contributed by atoms with Gasteiger partial charge in [0.15, 0.2) is 0 Å². The van der Waals surface area contributed by atoms with Gasteiger partial charge >= 0.3 is 5.97 Å². The van der Waals surface area contributed by atoms with Gasteiger partial charge in [0.25, 0.3) is 5.56 Å². The molecule has 5 nitrogen and oxygen atoms in total. The molecule has 6 heteroatoms. The van der Waals surface area contributed by atoms with Gasteiger partial charge in [0.1, 0.15) is 17.0 Å². The van der Waals surface area contributed by atoms with E-state index in [1.54, 1.807) is 24.3 Å². The third-order valence-electron chi connectivity index (χ3n) is 3.29. The highest BCUT2D eigenvalue weighted by Crippen LogP contribution is 2.05. The molecule has 0 aliphatic heterocycles. The second-order valence-corrected chi connectivity index (χ2v) is 4.87. The summed E-state index contributed by atoms with van der Waals surface area (Å²) < 4.78 is 18.9. The van der Waals surface area contributed by atoms with Crippen LogP contribution in [-0.4, -0.2) is 22.5 Å². The maximum atomic E-state index is 13.1. The van der Waals surface area contributed by atoms with Crippen LogP contribution in [0.4, 0.5) is 4.39 Å². The number of aromatic nitrogens is 2. The van der Waals surface area contributed by atoms with Gasteiger partial charge in [-0.2, -0.15) is 0 Å². The molecule has 118 valence electrons. The summed E-state index contributed by atoms with van der Waals surface area (Å²) in [5, 5.41) is 0. The molecule has 0 aliphatic rings. The molecule has 1 aromatic carbocycles. The van der Waals surface area contributed by atoms with Gasteiger partial charge in [-0.25, -0.2) is 14.2 Å². The Labute approximate surface area is 136 Å². The number of carbonyl (C=O) groups is 1. The number of nitrogens with zero attached hydrogens (tertiary/aromatic N) is 2. The number of esters is 1. The molecule has 0 amide bonds. The minimum atomic E-state index is -0.739. The number of carbonyl (C=O) groups excluding carboxylic acids is 1. The predicted octanol–water partition coefficient (Wildman–Crippen LogP) is 2.02. The summed E-state index contributed by atoms with van der Waals surface area (Å²) in [5.74, 6) is 4.63. The molecule has 0 unspecified atom stereocenters. The van der Waals surface area contributed by atoms with E-state index in [-0.39, 0.29) is 11.4 Å². The quantitative estimate of drug-likeness (QED) is 0.508. The summed E-state index contributed by atoms with van der Waals surface area (Å²) in [6.45, 7) is 0. The van der Waals surface area contributed by atoms with Crippen molar-refractivity contribution in [2.45, 2.75) is 0 Å². The molecule has 0 saturated carbocycles. The van der Waals surface area contributed by atoms with Gasteiger partial charge in [0.05, 0.1) is 7.11 Å². The molecular weight excluding hydrogens is 311 g/mol. The van der Waals surface area contributed by atoms with E-state index in [0.29, 0.717) is 16.8 Å². The average Bonchev–Trinajstić information content (AvgIpc) is 2.59. The lowest BCUT2D eigenvalue weighted by Crippen LogP contribution is -2.23. The van der Waals surface area contributed by atoms with E-state index in [1.807, 2.05) is 0 Å². The van der Waals surface area contributed by atoms with Gasteiger partial charge in [-0.15, -0.1) is 0 Å². The Morgan fingerprint density at radius 2 is 1.96 bits per heavy atom. The molecule has 2 heterocycles. The summed E-state index contributed by atoms with van der Waals surface area (Å²) in [6.07, 6.45) is 2.65. The number of benzene rings is 1. The molecule has 0 fully saturated rings. The predicted molar refractivity (Wildman–Crippen MR) is 85.2 cm³/mol. The molecule has 2 aromatic heterocycles. The van der Waals surface area contributed by atoms with Gasteiger partial charge in [-0.3, -0.25) is 9.20 Å². The summed E-state index contributed by atoms with van der Waals surface area (Å²) in [4.78, 5) is 27.8. The second-order valence-electron chi connectivity index (χ2n) is 4.87. The topological polar surface area (TPSA) is 60.7 Å². The number of rotatable bonds is 1. The van der Waals surface area contributed by atoms with E-state index in [9.17, 15) is 14.0 Å². The van der Waals surface area contributed by atoms with Crippen molar-refractivity contribution >= 4 is 11.6 Å². The minimum Gasteiger partial charge on any atom is -0.465 e. The Hall–Kier alpha value is -3.46. The van der Waals surface area contributed by atoms with Gasteiger partial charge in [-0.1, -0.05) is 17.9 Å². The van der Waals surface area contributed by atoms with Gasteiger partial charge in [-0.05, 0) is 30.3 Å². The molecule has 0 bridgehead atoms. The van der Waals surface area contributed by atoms with Crippen LogP contribution in [0.5, 0.6) is 0 Å². The molecule has 0 spiro atoms. The molecule has 3 aromatic rings. The molecule has 0 saturated heterocycles. The van der Waals surface area contributed by atoms with Crippen LogP contribution in [-0.2, 0) is 4.74 Å². The van der Waals surface area contributed by atoms with Crippen LogP contribution >= 0.6 is 0 Å². The van der Waals surface area contributed by atoms with Crippen molar-refractivity contribution in [2.75, 3.05) is 7.11 Å². The first-order valence-corrected chi connectivity index (χ1v) is 6.96. The third kappa shape index (κ3) is 3.01. The van der Waals surface area contributed by atoms with Crippen molar-refractivity contribution < 1.29 is 13.9 Å². The highest BCUT2D eigenvalue weighted by atomic mass is 19.1. The monoisotopic (exact) mass is 322 g/mol. The second kappa shape index (κ2) is 6.34. The van der Waals surface area contributed by atoms with Gasteiger partial charge in [0, 0.05) is 23.5 Å². The first-order valence-electron chi connectivity index (χ1n) is 6.96. The molecule has 0 radical (unpaired) electrons.